The molecule has 20 rings (SSSR count). The van der Waals surface area contributed by atoms with E-state index in [9.17, 15) is 4.79 Å². The third-order valence-electron chi connectivity index (χ3n) is 20.2. The number of aliphatic hydroxyl groups is 1. The predicted molar refractivity (Wildman–Crippen MR) is 440 cm³/mol. The van der Waals surface area contributed by atoms with Crippen LogP contribution in [0, 0.1) is 6.07 Å². The molecule has 1 aliphatic carbocycles. The number of carbonyl (C=O) groups excluding carboxylic acids is 1. The van der Waals surface area contributed by atoms with Crippen molar-refractivity contribution < 1.29 is 30.0 Å². The van der Waals surface area contributed by atoms with E-state index < -0.39 is 0 Å². The molecule has 0 fully saturated rings. The SMILES string of the molecule is CC(=O)C=C(C)O.CC1(C)c2ccccc2-c2ccc3c4ccc(-c5cccc(-c6nc(-c7ccccc7)nc(-c7ccccc7)n6)c5)cc4c4ccccc4c3c21.[Ir].[c-]1ccccc1-c1ccc2ccccc2n1.c1ccc(-n2c3ccccc3c3cc4c(cc32)c2ccccc2n4-c2ccccc2)cc1. The quantitative estimate of drug-likeness (QED) is 0.0704. The molecule has 0 saturated carbocycles. The van der Waals surface area contributed by atoms with Gasteiger partial charge in [0.1, 0.15) is 0 Å². The Morgan fingerprint density at radius 1 is 0.374 bits per heavy atom. The van der Waals surface area contributed by atoms with Crippen LogP contribution in [-0.2, 0) is 30.3 Å². The van der Waals surface area contributed by atoms with E-state index in [0.717, 1.165) is 44.6 Å². The first-order valence-corrected chi connectivity index (χ1v) is 35.8. The van der Waals surface area contributed by atoms with Crippen molar-refractivity contribution >= 4 is 92.6 Å². The zero-order valence-corrected chi connectivity index (χ0v) is 61.8. The number of hydrogen-bond acceptors (Lipinski definition) is 6. The van der Waals surface area contributed by atoms with Crippen molar-refractivity contribution in [3.8, 4) is 79.0 Å². The molecular formula is C98H71IrN6O2-. The van der Waals surface area contributed by atoms with Gasteiger partial charge in [-0.1, -0.05) is 269 Å². The molecular weight excluding hydrogens is 1490 g/mol. The third kappa shape index (κ3) is 13.0. The molecule has 8 nitrogen and oxygen atoms in total. The summed E-state index contributed by atoms with van der Waals surface area (Å²) in [6.07, 6.45) is 1.17. The minimum atomic E-state index is -0.125. The first-order chi connectivity index (χ1) is 52.0. The van der Waals surface area contributed by atoms with Crippen LogP contribution in [0.4, 0.5) is 0 Å². The largest absolute Gasteiger partial charge is 0.512 e. The Labute approximate surface area is 634 Å². The van der Waals surface area contributed by atoms with Gasteiger partial charge >= 0.3 is 0 Å². The number of pyridine rings is 1. The second-order valence-corrected chi connectivity index (χ2v) is 27.3. The standard InChI is InChI=1S/C48H33N3.C30H20N2.C15H10N.C5H8O2.Ir/c1-48(2)42-23-12-11-21-37(42)40-27-26-39-36-25-24-33(29-41(36)35-20-9-10-22-38(35)43(39)44(40)48)32-18-13-19-34(28-32)47-50-45(30-14-5-3-6-15-30)49-46(51-47)31-16-7-4-8-17-31;1-3-11-21(12-4-1)31-27-17-9-7-15-23(27)25-20-30-26(19-29(25)31)24-16-8-10-18-28(24)32(30)22-13-5-2-6-14-22;1-2-6-12(7-3-1)15-11-10-13-8-4-5-9-14(13)16-15;1-4(6)3-5(2)7;/h3-29H,1-2H3;1-20H;1-6,8-11H;3,6H,1-2H3;/q;;-1;;. The molecule has 1 N–H and O–H groups in total. The van der Waals surface area contributed by atoms with Gasteiger partial charge in [0, 0.05) is 81.2 Å². The maximum absolute atomic E-state index is 10.0. The van der Waals surface area contributed by atoms with Crippen LogP contribution in [0.2, 0.25) is 0 Å². The summed E-state index contributed by atoms with van der Waals surface area (Å²) in [7, 11) is 0. The first-order valence-electron chi connectivity index (χ1n) is 35.8. The average molecular weight is 1560 g/mol. The van der Waals surface area contributed by atoms with E-state index in [1.165, 1.54) is 135 Å². The van der Waals surface area contributed by atoms with E-state index in [-0.39, 0.29) is 37.1 Å². The molecule has 0 spiro atoms. The molecule has 0 amide bonds. The van der Waals surface area contributed by atoms with Crippen molar-refractivity contribution in [2.75, 3.05) is 0 Å². The molecule has 107 heavy (non-hydrogen) atoms. The number of carbonyl (C=O) groups is 1. The zero-order valence-electron chi connectivity index (χ0n) is 59.4. The van der Waals surface area contributed by atoms with Gasteiger partial charge in [-0.15, -0.1) is 35.9 Å². The van der Waals surface area contributed by atoms with Gasteiger partial charge in [0.05, 0.1) is 33.3 Å². The van der Waals surface area contributed by atoms with Crippen molar-refractivity contribution in [2.45, 2.75) is 33.1 Å². The number of aliphatic hydroxyl groups excluding tert-OH is 1. The average Bonchev–Trinajstić information content (AvgIpc) is 1.66. The van der Waals surface area contributed by atoms with Gasteiger partial charge in [-0.25, -0.2) is 15.0 Å². The predicted octanol–water partition coefficient (Wildman–Crippen LogP) is 24.9. The second kappa shape index (κ2) is 29.2. The van der Waals surface area contributed by atoms with Crippen LogP contribution in [0.15, 0.2) is 358 Å². The van der Waals surface area contributed by atoms with Crippen molar-refractivity contribution in [3.05, 3.63) is 375 Å². The van der Waals surface area contributed by atoms with Crippen LogP contribution in [0.3, 0.4) is 0 Å². The van der Waals surface area contributed by atoms with Gasteiger partial charge in [0.15, 0.2) is 23.3 Å². The van der Waals surface area contributed by atoms with Gasteiger partial charge in [0.2, 0.25) is 0 Å². The molecule has 0 bridgehead atoms. The number of benzene rings is 15. The molecule has 1 aliphatic rings. The fourth-order valence-corrected chi connectivity index (χ4v) is 15.5. The minimum absolute atomic E-state index is 0. The van der Waals surface area contributed by atoms with Crippen LogP contribution >= 0.6 is 0 Å². The third-order valence-corrected chi connectivity index (χ3v) is 20.2. The smallest absolute Gasteiger partial charge is 0.164 e. The first kappa shape index (κ1) is 68.4. The van der Waals surface area contributed by atoms with E-state index in [4.69, 9.17) is 20.1 Å². The second-order valence-electron chi connectivity index (χ2n) is 27.3. The molecule has 4 heterocycles. The molecule has 9 heteroatoms. The van der Waals surface area contributed by atoms with Crippen LogP contribution in [0.25, 0.3) is 166 Å². The molecule has 0 saturated heterocycles. The van der Waals surface area contributed by atoms with Gasteiger partial charge in [-0.2, -0.15) is 0 Å². The summed E-state index contributed by atoms with van der Waals surface area (Å²) in [6, 6.07) is 125. The van der Waals surface area contributed by atoms with Gasteiger partial charge in [0.25, 0.3) is 0 Å². The topological polar surface area (TPSA) is 98.7 Å². The Morgan fingerprint density at radius 2 is 0.850 bits per heavy atom. The van der Waals surface area contributed by atoms with E-state index in [1.54, 1.807) is 0 Å². The summed E-state index contributed by atoms with van der Waals surface area (Å²) in [5.41, 5.74) is 20.9. The van der Waals surface area contributed by atoms with Gasteiger partial charge in [-0.05, 0) is 157 Å². The van der Waals surface area contributed by atoms with Gasteiger partial charge in [-0.3, -0.25) is 9.78 Å². The van der Waals surface area contributed by atoms with Crippen LogP contribution in [-0.4, -0.2) is 40.0 Å². The summed E-state index contributed by atoms with van der Waals surface area (Å²) in [6.45, 7) is 7.61. The molecule has 0 atom stereocenters. The maximum atomic E-state index is 10.0. The van der Waals surface area contributed by atoms with Crippen LogP contribution in [0.5, 0.6) is 0 Å². The van der Waals surface area contributed by atoms with E-state index in [0.29, 0.717) is 17.5 Å². The number of para-hydroxylation sites is 5. The van der Waals surface area contributed by atoms with Crippen LogP contribution < -0.4 is 0 Å². The summed E-state index contributed by atoms with van der Waals surface area (Å²) < 4.78 is 4.78. The van der Waals surface area contributed by atoms with Crippen molar-refractivity contribution in [1.29, 1.82) is 0 Å². The molecule has 0 aliphatic heterocycles. The number of fused-ring (bicyclic) bond motifs is 17. The number of rotatable bonds is 8. The fraction of sp³-hybridized carbons (Fsp3) is 0.0510. The molecule has 19 aromatic rings. The number of nitrogens with zero attached hydrogens (tertiary/aromatic N) is 6. The zero-order chi connectivity index (χ0) is 71.8. The minimum Gasteiger partial charge on any atom is -0.512 e. The van der Waals surface area contributed by atoms with Crippen LogP contribution in [0.1, 0.15) is 38.8 Å². The Kier molecular flexibility index (Phi) is 18.7. The summed E-state index contributed by atoms with van der Waals surface area (Å²) >= 11 is 0. The molecule has 1 radical (unpaired) electrons. The Morgan fingerprint density at radius 3 is 1.44 bits per heavy atom. The van der Waals surface area contributed by atoms with Gasteiger partial charge < -0.3 is 14.2 Å². The van der Waals surface area contributed by atoms with Crippen molar-refractivity contribution in [1.82, 2.24) is 29.1 Å². The maximum Gasteiger partial charge on any atom is 0.164 e. The van der Waals surface area contributed by atoms with E-state index in [2.05, 4.69) is 271 Å². The summed E-state index contributed by atoms with van der Waals surface area (Å²) in [5.74, 6) is 1.91. The monoisotopic (exact) mass is 1560 g/mol. The van der Waals surface area contributed by atoms with Crippen molar-refractivity contribution in [3.63, 3.8) is 0 Å². The summed E-state index contributed by atoms with van der Waals surface area (Å²) in [4.78, 5) is 29.5. The number of aromatic nitrogens is 6. The normalized spacial score (nSPS) is 12.1. The van der Waals surface area contributed by atoms with E-state index in [1.807, 2.05) is 109 Å². The van der Waals surface area contributed by atoms with Crippen molar-refractivity contribution in [2.24, 2.45) is 0 Å². The number of hydrogen-bond donors (Lipinski definition) is 1. The molecule has 4 aromatic heterocycles. The summed E-state index contributed by atoms with van der Waals surface area (Å²) in [5, 5.41) is 22.4. The molecule has 0 unspecified atom stereocenters. The van der Waals surface area contributed by atoms with E-state index >= 15 is 0 Å². The molecule has 15 aromatic carbocycles. The number of allylic oxidation sites excluding steroid dienone is 2. The Bertz CT molecular complexity index is 6380. The number of ketones is 1. The fourth-order valence-electron chi connectivity index (χ4n) is 15.5. The molecule has 515 valence electrons. The Balaban J connectivity index is 0.000000132. The Hall–Kier alpha value is -13.0.